The molecule has 0 bridgehead atoms. The first-order chi connectivity index (χ1) is 19.9. The van der Waals surface area contributed by atoms with Gasteiger partial charge in [0.1, 0.15) is 18.4 Å². The molecule has 0 aliphatic carbocycles. The Morgan fingerprint density at radius 1 is 1.00 bits per heavy atom. The summed E-state index contributed by atoms with van der Waals surface area (Å²) in [7, 11) is 3.17. The number of esters is 1. The maximum Gasteiger partial charge on any atom is 0.338 e. The van der Waals surface area contributed by atoms with Gasteiger partial charge in [0.2, 0.25) is 0 Å². The molecule has 41 heavy (non-hydrogen) atoms. The topological polar surface area (TPSA) is 88.4 Å². The lowest BCUT2D eigenvalue weighted by atomic mass is 9.96. The number of aromatic nitrogens is 1. The molecule has 0 radical (unpaired) electrons. The van der Waals surface area contributed by atoms with E-state index in [0.717, 1.165) is 16.9 Å². The zero-order chi connectivity index (χ0) is 28.9. The lowest BCUT2D eigenvalue weighted by molar-refractivity contribution is -0.138. The quantitative estimate of drug-likeness (QED) is 0.275. The second-order valence-corrected chi connectivity index (χ2v) is 10.3. The number of carbonyl (C=O) groups excluding carboxylic acids is 1. The zero-order valence-corrected chi connectivity index (χ0v) is 24.1. The second-order valence-electron chi connectivity index (χ2n) is 9.24. The average molecular weight is 571 g/mol. The smallest absolute Gasteiger partial charge is 0.338 e. The minimum atomic E-state index is -0.696. The number of hydrogen-bond acceptors (Lipinski definition) is 8. The first kappa shape index (κ1) is 27.9. The molecule has 3 aromatic carbocycles. The van der Waals surface area contributed by atoms with Crippen molar-refractivity contribution in [3.8, 4) is 17.2 Å². The molecule has 1 atom stereocenters. The molecule has 1 aromatic heterocycles. The van der Waals surface area contributed by atoms with Gasteiger partial charge in [-0.1, -0.05) is 59.9 Å². The van der Waals surface area contributed by atoms with Crippen molar-refractivity contribution in [2.24, 2.45) is 4.99 Å². The molecule has 0 fully saturated rings. The molecule has 5 rings (SSSR count). The number of fused-ring (bicyclic) bond motifs is 1. The molecule has 1 aliphatic rings. The zero-order valence-electron chi connectivity index (χ0n) is 23.2. The molecule has 0 spiro atoms. The van der Waals surface area contributed by atoms with Crippen LogP contribution in [0.2, 0.25) is 0 Å². The second kappa shape index (κ2) is 12.3. The first-order valence-corrected chi connectivity index (χ1v) is 13.9. The molecule has 0 amide bonds. The van der Waals surface area contributed by atoms with E-state index in [2.05, 4.69) is 0 Å². The molecule has 8 nitrogen and oxygen atoms in total. The molecule has 4 aromatic rings. The minimum Gasteiger partial charge on any atom is -0.497 e. The molecule has 0 saturated carbocycles. The molecule has 1 aliphatic heterocycles. The number of benzene rings is 3. The third-order valence-corrected chi connectivity index (χ3v) is 7.68. The van der Waals surface area contributed by atoms with Gasteiger partial charge in [0.15, 0.2) is 16.3 Å². The van der Waals surface area contributed by atoms with Gasteiger partial charge in [-0.25, -0.2) is 9.79 Å². The van der Waals surface area contributed by atoms with E-state index < -0.39 is 12.0 Å². The van der Waals surface area contributed by atoms with Crippen LogP contribution in [0.5, 0.6) is 17.2 Å². The highest BCUT2D eigenvalue weighted by molar-refractivity contribution is 7.07. The van der Waals surface area contributed by atoms with Gasteiger partial charge in [0.05, 0.1) is 30.9 Å². The molecule has 0 unspecified atom stereocenters. The van der Waals surface area contributed by atoms with Crippen molar-refractivity contribution in [2.75, 3.05) is 20.8 Å². The minimum absolute atomic E-state index is 0.194. The number of methoxy groups -OCH3 is 2. The number of nitrogens with zero attached hydrogens (tertiary/aromatic N) is 2. The maximum absolute atomic E-state index is 13.5. The molecular weight excluding hydrogens is 540 g/mol. The third kappa shape index (κ3) is 5.81. The van der Waals surface area contributed by atoms with E-state index >= 15 is 0 Å². The van der Waals surface area contributed by atoms with Crippen molar-refractivity contribution >= 4 is 29.1 Å². The summed E-state index contributed by atoms with van der Waals surface area (Å²) in [6, 6.07) is 22.1. The van der Waals surface area contributed by atoms with E-state index in [-0.39, 0.29) is 12.2 Å². The van der Waals surface area contributed by atoms with Crippen LogP contribution in [0.1, 0.15) is 36.6 Å². The van der Waals surface area contributed by atoms with Gasteiger partial charge in [-0.15, -0.1) is 0 Å². The van der Waals surface area contributed by atoms with Crippen LogP contribution in [0, 0.1) is 0 Å². The third-order valence-electron chi connectivity index (χ3n) is 6.69. The van der Waals surface area contributed by atoms with Crippen molar-refractivity contribution in [3.05, 3.63) is 115 Å². The monoisotopic (exact) mass is 570 g/mol. The van der Waals surface area contributed by atoms with Crippen molar-refractivity contribution in [2.45, 2.75) is 26.5 Å². The van der Waals surface area contributed by atoms with E-state index in [1.54, 1.807) is 28.1 Å². The van der Waals surface area contributed by atoms with Crippen molar-refractivity contribution in [1.29, 1.82) is 0 Å². The number of carbonyl (C=O) groups is 1. The van der Waals surface area contributed by atoms with Crippen LogP contribution in [0.4, 0.5) is 0 Å². The largest absolute Gasteiger partial charge is 0.497 e. The Balaban J connectivity index is 1.57. The van der Waals surface area contributed by atoms with Crippen LogP contribution >= 0.6 is 11.3 Å². The fourth-order valence-electron chi connectivity index (χ4n) is 4.62. The highest BCUT2D eigenvalue weighted by atomic mass is 32.1. The Hall–Kier alpha value is -4.63. The lowest BCUT2D eigenvalue weighted by Gasteiger charge is -2.23. The highest BCUT2D eigenvalue weighted by Gasteiger charge is 2.32. The van der Waals surface area contributed by atoms with Crippen LogP contribution in [0.15, 0.2) is 88.2 Å². The Morgan fingerprint density at radius 3 is 2.44 bits per heavy atom. The van der Waals surface area contributed by atoms with Crippen LogP contribution < -0.4 is 29.1 Å². The summed E-state index contributed by atoms with van der Waals surface area (Å²) in [5, 5.41) is 0. The van der Waals surface area contributed by atoms with E-state index in [1.807, 2.05) is 78.9 Å². The number of ether oxygens (including phenoxy) is 4. The van der Waals surface area contributed by atoms with Gasteiger partial charge in [0, 0.05) is 5.70 Å². The fraction of sp³-hybridized carbons (Fsp3) is 0.219. The Bertz CT molecular complexity index is 1770. The van der Waals surface area contributed by atoms with Crippen molar-refractivity contribution in [3.63, 3.8) is 0 Å². The molecule has 0 N–H and O–H groups in total. The number of rotatable bonds is 9. The van der Waals surface area contributed by atoms with Crippen LogP contribution in [0.25, 0.3) is 11.8 Å². The van der Waals surface area contributed by atoms with Gasteiger partial charge >= 0.3 is 5.97 Å². The summed E-state index contributed by atoms with van der Waals surface area (Å²) in [4.78, 5) is 32.1. The van der Waals surface area contributed by atoms with Gasteiger partial charge in [-0.2, -0.15) is 0 Å². The average Bonchev–Trinajstić information content (AvgIpc) is 3.31. The number of hydrogen-bond donors (Lipinski definition) is 0. The van der Waals surface area contributed by atoms with Crippen molar-refractivity contribution < 1.29 is 23.7 Å². The normalized spacial score (nSPS) is 14.7. The summed E-state index contributed by atoms with van der Waals surface area (Å²) >= 11 is 1.27. The van der Waals surface area contributed by atoms with Crippen LogP contribution in [0.3, 0.4) is 0 Å². The number of thiazole rings is 1. The lowest BCUT2D eigenvalue weighted by Crippen LogP contribution is -2.35. The standard InChI is InChI=1S/C32H30N2O6S/c1-5-39-31(36)28-20(2)34-30(35)27(17-21-11-14-24(37-3)15-12-21)41-32(34)33-29(28)23-13-16-25(26(18-23)38-4)40-19-22-9-7-6-8-10-22/h6-18,29H,5,19H2,1-4H3/b27-17-/t29-/m0/s1. The molecular formula is C32H30N2O6S. The highest BCUT2D eigenvalue weighted by Crippen LogP contribution is 2.37. The summed E-state index contributed by atoms with van der Waals surface area (Å²) in [6.45, 7) is 4.07. The van der Waals surface area contributed by atoms with E-state index in [4.69, 9.17) is 23.9 Å². The Kier molecular flexibility index (Phi) is 8.35. The molecule has 9 heteroatoms. The summed E-state index contributed by atoms with van der Waals surface area (Å²) in [5.41, 5.74) is 3.13. The molecule has 0 saturated heterocycles. The predicted octanol–water partition coefficient (Wildman–Crippen LogP) is 4.50. The van der Waals surface area contributed by atoms with E-state index in [0.29, 0.717) is 44.3 Å². The summed E-state index contributed by atoms with van der Waals surface area (Å²) in [6.07, 6.45) is 1.81. The first-order valence-electron chi connectivity index (χ1n) is 13.1. The van der Waals surface area contributed by atoms with Crippen LogP contribution in [-0.4, -0.2) is 31.4 Å². The summed E-state index contributed by atoms with van der Waals surface area (Å²) < 4.78 is 24.3. The fourth-order valence-corrected chi connectivity index (χ4v) is 5.66. The van der Waals surface area contributed by atoms with Gasteiger partial charge < -0.3 is 18.9 Å². The van der Waals surface area contributed by atoms with Gasteiger partial charge in [0.25, 0.3) is 5.56 Å². The SMILES string of the molecule is CCOC(=O)C1=C(C)n2c(s/c(=C\c3ccc(OC)cc3)c2=O)=N[C@H]1c1ccc(OCc2ccccc2)c(OC)c1. The summed E-state index contributed by atoms with van der Waals surface area (Å²) in [5.74, 6) is 1.29. The van der Waals surface area contributed by atoms with E-state index in [9.17, 15) is 9.59 Å². The van der Waals surface area contributed by atoms with E-state index in [1.165, 1.54) is 15.9 Å². The Morgan fingerprint density at radius 2 is 1.76 bits per heavy atom. The Labute approximate surface area is 241 Å². The van der Waals surface area contributed by atoms with Gasteiger partial charge in [-0.3, -0.25) is 9.36 Å². The molecule has 210 valence electrons. The van der Waals surface area contributed by atoms with Crippen molar-refractivity contribution in [1.82, 2.24) is 4.57 Å². The predicted molar refractivity (Wildman–Crippen MR) is 158 cm³/mol. The number of allylic oxidation sites excluding steroid dienone is 1. The van der Waals surface area contributed by atoms with Gasteiger partial charge in [-0.05, 0) is 60.9 Å². The van der Waals surface area contributed by atoms with Crippen LogP contribution in [-0.2, 0) is 16.1 Å². The molecule has 2 heterocycles. The maximum atomic E-state index is 13.5.